The second kappa shape index (κ2) is 14.6. The molecule has 0 saturated heterocycles. The number of rotatable bonds is 10. The molecule has 0 spiro atoms. The summed E-state index contributed by atoms with van der Waals surface area (Å²) in [6, 6.07) is 19.3. The largest absolute Gasteiger partial charge is 0.478 e. The number of aromatic carboxylic acids is 1. The van der Waals surface area contributed by atoms with Crippen molar-refractivity contribution in [1.82, 2.24) is 5.32 Å². The molecule has 4 N–H and O–H groups in total. The number of anilines is 1. The lowest BCUT2D eigenvalue weighted by atomic mass is 9.98. The zero-order chi connectivity index (χ0) is 23.8. The van der Waals surface area contributed by atoms with Crippen molar-refractivity contribution < 1.29 is 24.5 Å². The van der Waals surface area contributed by atoms with Crippen molar-refractivity contribution in [3.8, 4) is 11.1 Å². The van der Waals surface area contributed by atoms with Gasteiger partial charge >= 0.3 is 11.9 Å². The Bertz CT molecular complexity index is 1140. The molecule has 1 unspecified atom stereocenters. The minimum atomic E-state index is -1.19. The number of ether oxygens (including phenoxy) is 1. The Labute approximate surface area is 221 Å². The van der Waals surface area contributed by atoms with Gasteiger partial charge in [-0.25, -0.2) is 9.59 Å². The Hall–Kier alpha value is -2.81. The fourth-order valence-corrected chi connectivity index (χ4v) is 3.56. The van der Waals surface area contributed by atoms with E-state index in [0.717, 1.165) is 16.8 Å². The van der Waals surface area contributed by atoms with Crippen molar-refractivity contribution in [2.24, 2.45) is 0 Å². The molecule has 35 heavy (non-hydrogen) atoms. The average molecular weight is 542 g/mol. The maximum absolute atomic E-state index is 12.0. The first-order valence-electron chi connectivity index (χ1n) is 10.3. The summed E-state index contributed by atoms with van der Waals surface area (Å²) >= 11 is 5.96. The predicted octanol–water partition coefficient (Wildman–Crippen LogP) is 5.07. The van der Waals surface area contributed by atoms with Gasteiger partial charge in [0.25, 0.3) is 0 Å². The van der Waals surface area contributed by atoms with Crippen molar-refractivity contribution in [2.75, 3.05) is 32.1 Å². The van der Waals surface area contributed by atoms with E-state index in [9.17, 15) is 19.8 Å². The van der Waals surface area contributed by atoms with Crippen LogP contribution >= 0.6 is 36.4 Å². The maximum Gasteiger partial charge on any atom is 0.338 e. The molecule has 0 bridgehead atoms. The molecular formula is C25H27Cl3N2O5. The monoisotopic (exact) mass is 540 g/mol. The Kier molecular flexibility index (Phi) is 12.6. The molecule has 0 radical (unpaired) electrons. The lowest BCUT2D eigenvalue weighted by Crippen LogP contribution is -2.26. The normalized spacial score (nSPS) is 10.9. The molecule has 188 valence electrons. The number of carboxylic acids is 1. The van der Waals surface area contributed by atoms with Crippen LogP contribution in [0.25, 0.3) is 11.1 Å². The van der Waals surface area contributed by atoms with Gasteiger partial charge in [0.1, 0.15) is 0 Å². The quantitative estimate of drug-likeness (QED) is 0.210. The van der Waals surface area contributed by atoms with Crippen LogP contribution in [0.3, 0.4) is 0 Å². The summed E-state index contributed by atoms with van der Waals surface area (Å²) in [6.45, 7) is 1.65. The number of esters is 1. The van der Waals surface area contributed by atoms with Crippen molar-refractivity contribution in [1.29, 1.82) is 0 Å². The molecule has 0 aromatic heterocycles. The smallest absolute Gasteiger partial charge is 0.338 e. The molecule has 3 rings (SSSR count). The van der Waals surface area contributed by atoms with Crippen LogP contribution in [0.5, 0.6) is 0 Å². The van der Waals surface area contributed by atoms with Gasteiger partial charge in [-0.3, -0.25) is 0 Å². The molecule has 1 atom stereocenters. The molecule has 0 amide bonds. The first-order chi connectivity index (χ1) is 15.9. The summed E-state index contributed by atoms with van der Waals surface area (Å²) in [5.74, 6) is -1.89. The highest BCUT2D eigenvalue weighted by Crippen LogP contribution is 2.26. The average Bonchev–Trinajstić information content (AvgIpc) is 2.83. The maximum atomic E-state index is 12.0. The van der Waals surface area contributed by atoms with E-state index in [4.69, 9.17) is 16.3 Å². The molecule has 0 heterocycles. The van der Waals surface area contributed by atoms with E-state index < -0.39 is 18.0 Å². The van der Waals surface area contributed by atoms with Gasteiger partial charge in [0.15, 0.2) is 0 Å². The van der Waals surface area contributed by atoms with Gasteiger partial charge in [-0.05, 0) is 53.1 Å². The van der Waals surface area contributed by atoms with Crippen LogP contribution in [0.2, 0.25) is 5.02 Å². The number of carbonyl (C=O) groups excluding carboxylic acids is 1. The molecule has 0 aliphatic rings. The number of carboxylic acid groups (broad SMARTS) is 1. The van der Waals surface area contributed by atoms with E-state index in [1.165, 1.54) is 19.2 Å². The minimum absolute atomic E-state index is 0. The number of carbonyl (C=O) groups is 2. The summed E-state index contributed by atoms with van der Waals surface area (Å²) < 4.78 is 4.72. The number of halogens is 3. The Balaban J connectivity index is 0.00000306. The van der Waals surface area contributed by atoms with E-state index in [2.05, 4.69) is 10.6 Å². The molecule has 0 aliphatic heterocycles. The molecule has 0 saturated carbocycles. The van der Waals surface area contributed by atoms with Gasteiger partial charge in [-0.1, -0.05) is 41.9 Å². The van der Waals surface area contributed by atoms with E-state index in [1.807, 2.05) is 30.3 Å². The van der Waals surface area contributed by atoms with Crippen LogP contribution in [0.1, 0.15) is 32.4 Å². The highest BCUT2D eigenvalue weighted by molar-refractivity contribution is 6.30. The first-order valence-corrected chi connectivity index (χ1v) is 10.7. The van der Waals surface area contributed by atoms with Gasteiger partial charge in [-0.15, -0.1) is 24.8 Å². The predicted molar refractivity (Wildman–Crippen MR) is 142 cm³/mol. The summed E-state index contributed by atoms with van der Waals surface area (Å²) in [5.41, 5.74) is 3.05. The number of methoxy groups -OCH3 is 1. The molecule has 0 fully saturated rings. The molecule has 0 aliphatic carbocycles. The summed E-state index contributed by atoms with van der Waals surface area (Å²) in [4.78, 5) is 23.4. The van der Waals surface area contributed by atoms with Crippen molar-refractivity contribution in [2.45, 2.75) is 6.10 Å². The second-order valence-electron chi connectivity index (χ2n) is 7.34. The first kappa shape index (κ1) is 30.2. The van der Waals surface area contributed by atoms with E-state index in [-0.39, 0.29) is 35.9 Å². The lowest BCUT2D eigenvalue weighted by Gasteiger charge is -2.14. The van der Waals surface area contributed by atoms with Crippen LogP contribution < -0.4 is 10.6 Å². The van der Waals surface area contributed by atoms with Gasteiger partial charge < -0.3 is 25.6 Å². The van der Waals surface area contributed by atoms with E-state index >= 15 is 0 Å². The molecular weight excluding hydrogens is 515 g/mol. The Morgan fingerprint density at radius 1 is 0.943 bits per heavy atom. The van der Waals surface area contributed by atoms with Crippen LogP contribution in [0, 0.1) is 0 Å². The zero-order valence-electron chi connectivity index (χ0n) is 18.9. The third kappa shape index (κ3) is 8.42. The van der Waals surface area contributed by atoms with Crippen molar-refractivity contribution in [3.05, 3.63) is 88.4 Å². The Morgan fingerprint density at radius 3 is 2.34 bits per heavy atom. The second-order valence-corrected chi connectivity index (χ2v) is 7.78. The number of benzene rings is 3. The van der Waals surface area contributed by atoms with Crippen LogP contribution in [0.15, 0.2) is 66.7 Å². The lowest BCUT2D eigenvalue weighted by molar-refractivity contribution is 0.0583. The minimum Gasteiger partial charge on any atom is -0.478 e. The van der Waals surface area contributed by atoms with Crippen LogP contribution in [-0.4, -0.2) is 48.9 Å². The number of aliphatic hydroxyl groups is 1. The fourth-order valence-electron chi connectivity index (χ4n) is 3.36. The number of nitrogens with one attached hydrogen (secondary N) is 2. The van der Waals surface area contributed by atoms with Gasteiger partial charge in [-0.2, -0.15) is 0 Å². The van der Waals surface area contributed by atoms with Crippen molar-refractivity contribution >= 4 is 54.0 Å². The fraction of sp³-hybridized carbons (Fsp3) is 0.200. The summed E-state index contributed by atoms with van der Waals surface area (Å²) in [7, 11) is 1.22. The molecule has 3 aromatic carbocycles. The standard InChI is InChI=1S/C25H25ClN2O5.2ClH/c1-33-25(32)22-14-17(8-9-21(22)24(30)31)16-4-3-7-20(13-16)28-11-10-27-15-23(29)18-5-2-6-19(26)12-18;;/h2-9,12-14,23,27-29H,10-11,15H2,1H3,(H,30,31);2*1H. The van der Waals surface area contributed by atoms with Crippen LogP contribution in [-0.2, 0) is 4.74 Å². The highest BCUT2D eigenvalue weighted by Gasteiger charge is 2.18. The third-order valence-electron chi connectivity index (χ3n) is 5.05. The third-order valence-corrected chi connectivity index (χ3v) is 5.29. The van der Waals surface area contributed by atoms with Crippen molar-refractivity contribution in [3.63, 3.8) is 0 Å². The van der Waals surface area contributed by atoms with Gasteiger partial charge in [0.2, 0.25) is 0 Å². The van der Waals surface area contributed by atoms with E-state index in [1.54, 1.807) is 24.3 Å². The van der Waals surface area contributed by atoms with Crippen LogP contribution in [0.4, 0.5) is 5.69 Å². The van der Waals surface area contributed by atoms with Gasteiger partial charge in [0.05, 0.1) is 24.3 Å². The van der Waals surface area contributed by atoms with Gasteiger partial charge in [0, 0.05) is 30.3 Å². The SMILES string of the molecule is COC(=O)c1cc(-c2cccc(NCCNCC(O)c3cccc(Cl)c3)c2)ccc1C(=O)O.Cl.Cl. The van der Waals surface area contributed by atoms with E-state index in [0.29, 0.717) is 30.2 Å². The topological polar surface area (TPSA) is 108 Å². The zero-order valence-corrected chi connectivity index (χ0v) is 21.3. The molecule has 10 heteroatoms. The molecule has 3 aromatic rings. The number of aliphatic hydroxyl groups excluding tert-OH is 1. The summed E-state index contributed by atoms with van der Waals surface area (Å²) in [5, 5.41) is 26.7. The summed E-state index contributed by atoms with van der Waals surface area (Å²) in [6.07, 6.45) is -0.648. The highest BCUT2D eigenvalue weighted by atomic mass is 35.5. The number of hydrogen-bond acceptors (Lipinski definition) is 6. The number of hydrogen-bond donors (Lipinski definition) is 4. The molecule has 7 nitrogen and oxygen atoms in total. The Morgan fingerprint density at radius 2 is 1.66 bits per heavy atom.